The van der Waals surface area contributed by atoms with Gasteiger partial charge in [0.15, 0.2) is 0 Å². The number of carbonyl (C=O) groups is 2. The standard InChI is InChI=1S/C13H20N4O3/c1-7(2)4-10(14)12(19)17-8-5-9(11(15)18)13(20-3)16-6-8/h5-7,10H,4,14H2,1-3H3,(H2,15,18)(H,17,19)/t10-/m0/s1. The summed E-state index contributed by atoms with van der Waals surface area (Å²) in [4.78, 5) is 27.0. The minimum Gasteiger partial charge on any atom is -0.480 e. The molecule has 0 aliphatic heterocycles. The molecule has 1 aromatic rings. The Morgan fingerprint density at radius 1 is 1.45 bits per heavy atom. The van der Waals surface area contributed by atoms with Crippen LogP contribution in [0.1, 0.15) is 30.6 Å². The van der Waals surface area contributed by atoms with Crippen molar-refractivity contribution in [3.8, 4) is 5.88 Å². The highest BCUT2D eigenvalue weighted by atomic mass is 16.5. The first-order valence-electron chi connectivity index (χ1n) is 6.25. The van der Waals surface area contributed by atoms with Gasteiger partial charge in [0.1, 0.15) is 5.56 Å². The summed E-state index contributed by atoms with van der Waals surface area (Å²) >= 11 is 0. The topological polar surface area (TPSA) is 120 Å². The summed E-state index contributed by atoms with van der Waals surface area (Å²) in [6.07, 6.45) is 1.95. The van der Waals surface area contributed by atoms with Crippen LogP contribution < -0.4 is 21.5 Å². The molecule has 0 aromatic carbocycles. The molecule has 7 nitrogen and oxygen atoms in total. The Kier molecular flexibility index (Phi) is 5.45. The number of rotatable bonds is 6. The van der Waals surface area contributed by atoms with Gasteiger partial charge in [-0.25, -0.2) is 4.98 Å². The second-order valence-corrected chi connectivity index (χ2v) is 4.87. The fraction of sp³-hybridized carbons (Fsp3) is 0.462. The smallest absolute Gasteiger partial charge is 0.254 e. The lowest BCUT2D eigenvalue weighted by Gasteiger charge is -2.14. The Morgan fingerprint density at radius 3 is 2.60 bits per heavy atom. The van der Waals surface area contributed by atoms with E-state index in [9.17, 15) is 9.59 Å². The van der Waals surface area contributed by atoms with E-state index >= 15 is 0 Å². The maximum atomic E-state index is 11.9. The number of nitrogens with two attached hydrogens (primary N) is 2. The molecule has 5 N–H and O–H groups in total. The van der Waals surface area contributed by atoms with Gasteiger partial charge in [-0.05, 0) is 18.4 Å². The molecule has 0 fully saturated rings. The zero-order valence-corrected chi connectivity index (χ0v) is 11.8. The number of ether oxygens (including phenoxy) is 1. The maximum absolute atomic E-state index is 11.9. The van der Waals surface area contributed by atoms with Gasteiger partial charge in [0.25, 0.3) is 5.91 Å². The quantitative estimate of drug-likeness (QED) is 0.700. The number of anilines is 1. The van der Waals surface area contributed by atoms with Crippen molar-refractivity contribution in [1.82, 2.24) is 4.98 Å². The highest BCUT2D eigenvalue weighted by Crippen LogP contribution is 2.19. The Hall–Kier alpha value is -2.15. The zero-order valence-electron chi connectivity index (χ0n) is 11.8. The van der Waals surface area contributed by atoms with Crippen molar-refractivity contribution in [1.29, 1.82) is 0 Å². The average Bonchev–Trinajstić information content (AvgIpc) is 2.37. The van der Waals surface area contributed by atoms with E-state index < -0.39 is 11.9 Å². The number of primary amides is 1. The molecule has 1 heterocycles. The van der Waals surface area contributed by atoms with Crippen LogP contribution in [-0.4, -0.2) is 29.9 Å². The normalized spacial score (nSPS) is 12.1. The van der Waals surface area contributed by atoms with Crippen LogP contribution in [0.5, 0.6) is 5.88 Å². The van der Waals surface area contributed by atoms with Gasteiger partial charge >= 0.3 is 0 Å². The lowest BCUT2D eigenvalue weighted by molar-refractivity contribution is -0.117. The van der Waals surface area contributed by atoms with E-state index in [1.165, 1.54) is 19.4 Å². The highest BCUT2D eigenvalue weighted by Gasteiger charge is 2.17. The minimum absolute atomic E-state index is 0.0998. The van der Waals surface area contributed by atoms with E-state index in [1.54, 1.807) is 0 Å². The number of hydrogen-bond acceptors (Lipinski definition) is 5. The third-order valence-electron chi connectivity index (χ3n) is 2.64. The van der Waals surface area contributed by atoms with E-state index in [0.717, 1.165) is 0 Å². The molecule has 1 rings (SSSR count). The third kappa shape index (κ3) is 4.20. The van der Waals surface area contributed by atoms with Crippen molar-refractivity contribution in [3.05, 3.63) is 17.8 Å². The van der Waals surface area contributed by atoms with E-state index in [1.807, 2.05) is 13.8 Å². The number of nitrogens with zero attached hydrogens (tertiary/aromatic N) is 1. The Morgan fingerprint density at radius 2 is 2.10 bits per heavy atom. The first-order valence-corrected chi connectivity index (χ1v) is 6.25. The molecule has 0 radical (unpaired) electrons. The predicted molar refractivity (Wildman–Crippen MR) is 75.4 cm³/mol. The number of methoxy groups -OCH3 is 1. The van der Waals surface area contributed by atoms with Crippen LogP contribution in [0.15, 0.2) is 12.3 Å². The molecule has 0 spiro atoms. The summed E-state index contributed by atoms with van der Waals surface area (Å²) in [5.74, 6) is -0.592. The largest absolute Gasteiger partial charge is 0.480 e. The van der Waals surface area contributed by atoms with Gasteiger partial charge in [0, 0.05) is 0 Å². The molecule has 0 unspecified atom stereocenters. The predicted octanol–water partition coefficient (Wildman–Crippen LogP) is 0.501. The summed E-state index contributed by atoms with van der Waals surface area (Å²) in [5, 5.41) is 2.60. The second-order valence-electron chi connectivity index (χ2n) is 4.87. The molecule has 1 atom stereocenters. The first kappa shape index (κ1) is 15.9. The molecule has 0 aliphatic carbocycles. The second kappa shape index (κ2) is 6.85. The van der Waals surface area contributed by atoms with Gasteiger partial charge in [0.05, 0.1) is 25.0 Å². The van der Waals surface area contributed by atoms with Gasteiger partial charge in [-0.2, -0.15) is 0 Å². The molecule has 0 saturated heterocycles. The maximum Gasteiger partial charge on any atom is 0.254 e. The highest BCUT2D eigenvalue weighted by molar-refractivity contribution is 5.98. The summed E-state index contributed by atoms with van der Waals surface area (Å²) in [7, 11) is 1.38. The number of aromatic nitrogens is 1. The van der Waals surface area contributed by atoms with Crippen LogP contribution >= 0.6 is 0 Å². The van der Waals surface area contributed by atoms with Gasteiger partial charge in [-0.1, -0.05) is 13.8 Å². The average molecular weight is 280 g/mol. The van der Waals surface area contributed by atoms with Crippen molar-refractivity contribution in [3.63, 3.8) is 0 Å². The van der Waals surface area contributed by atoms with Gasteiger partial charge in [-0.3, -0.25) is 9.59 Å². The molecule has 7 heteroatoms. The van der Waals surface area contributed by atoms with Crippen molar-refractivity contribution in [2.75, 3.05) is 12.4 Å². The van der Waals surface area contributed by atoms with Crippen LogP contribution in [-0.2, 0) is 4.79 Å². The first-order chi connectivity index (χ1) is 9.35. The summed E-state index contributed by atoms with van der Waals surface area (Å²) < 4.78 is 4.92. The van der Waals surface area contributed by atoms with Gasteiger partial charge in [-0.15, -0.1) is 0 Å². The van der Waals surface area contributed by atoms with E-state index in [0.29, 0.717) is 18.0 Å². The van der Waals surface area contributed by atoms with E-state index in [-0.39, 0.29) is 17.4 Å². The molecule has 0 saturated carbocycles. The van der Waals surface area contributed by atoms with Crippen molar-refractivity contribution < 1.29 is 14.3 Å². The van der Waals surface area contributed by atoms with Crippen LogP contribution in [0.2, 0.25) is 0 Å². The minimum atomic E-state index is -0.683. The summed E-state index contributed by atoms with van der Waals surface area (Å²) in [6.45, 7) is 3.96. The van der Waals surface area contributed by atoms with Crippen LogP contribution in [0.3, 0.4) is 0 Å². The Labute approximate surface area is 117 Å². The van der Waals surface area contributed by atoms with Gasteiger partial charge in [0.2, 0.25) is 11.8 Å². The monoisotopic (exact) mass is 280 g/mol. The lowest BCUT2D eigenvalue weighted by atomic mass is 10.0. The molecule has 2 amide bonds. The number of hydrogen-bond donors (Lipinski definition) is 3. The van der Waals surface area contributed by atoms with Crippen LogP contribution in [0.25, 0.3) is 0 Å². The van der Waals surface area contributed by atoms with E-state index in [4.69, 9.17) is 16.2 Å². The Balaban J connectivity index is 2.85. The fourth-order valence-electron chi connectivity index (χ4n) is 1.71. The number of nitrogens with one attached hydrogen (secondary N) is 1. The Bertz CT molecular complexity index is 502. The molecule has 0 bridgehead atoms. The molecule has 1 aromatic heterocycles. The summed E-state index contributed by atoms with van der Waals surface area (Å²) in [5.41, 5.74) is 11.4. The van der Waals surface area contributed by atoms with Crippen molar-refractivity contribution in [2.45, 2.75) is 26.3 Å². The van der Waals surface area contributed by atoms with Gasteiger partial charge < -0.3 is 21.5 Å². The third-order valence-corrected chi connectivity index (χ3v) is 2.64. The van der Waals surface area contributed by atoms with Crippen LogP contribution in [0.4, 0.5) is 5.69 Å². The molecule has 20 heavy (non-hydrogen) atoms. The number of carbonyl (C=O) groups excluding carboxylic acids is 2. The molecule has 110 valence electrons. The van der Waals surface area contributed by atoms with Crippen LogP contribution in [0, 0.1) is 5.92 Å². The van der Waals surface area contributed by atoms with E-state index in [2.05, 4.69) is 10.3 Å². The van der Waals surface area contributed by atoms with Crippen molar-refractivity contribution in [2.24, 2.45) is 17.4 Å². The molecular weight excluding hydrogens is 260 g/mol. The molecule has 0 aliphatic rings. The lowest BCUT2D eigenvalue weighted by Crippen LogP contribution is -2.36. The number of pyridine rings is 1. The van der Waals surface area contributed by atoms with Crippen molar-refractivity contribution >= 4 is 17.5 Å². The summed E-state index contributed by atoms with van der Waals surface area (Å²) in [6, 6.07) is 0.794. The zero-order chi connectivity index (χ0) is 15.3. The SMILES string of the molecule is COc1ncc(NC(=O)[C@@H](N)CC(C)C)cc1C(N)=O. The fourth-order valence-corrected chi connectivity index (χ4v) is 1.71. The molecular formula is C13H20N4O3. The number of amides is 2.